The van der Waals surface area contributed by atoms with E-state index in [0.29, 0.717) is 6.42 Å². The minimum Gasteiger partial charge on any atom is -0.399 e. The predicted molar refractivity (Wildman–Crippen MR) is 76.2 cm³/mol. The fourth-order valence-electron chi connectivity index (χ4n) is 1.22. The standard InChI is InChI=1S/C9H11NO.C6H7N/c1-2-9(11)10-8-6-4-3-5-7-8;7-6-4-2-1-3-5-6/h3-7H,2H2,1H3,(H,10,11);1-5H,7H2. The van der Waals surface area contributed by atoms with Gasteiger partial charge in [0.2, 0.25) is 5.91 Å². The van der Waals surface area contributed by atoms with Crippen LogP contribution in [0.3, 0.4) is 0 Å². The molecule has 0 unspecified atom stereocenters. The topological polar surface area (TPSA) is 55.1 Å². The fraction of sp³-hybridized carbons (Fsp3) is 0.133. The highest BCUT2D eigenvalue weighted by Crippen LogP contribution is 2.04. The summed E-state index contributed by atoms with van der Waals surface area (Å²) in [6, 6.07) is 18.9. The number of hydrogen-bond donors (Lipinski definition) is 2. The van der Waals surface area contributed by atoms with E-state index in [0.717, 1.165) is 11.4 Å². The van der Waals surface area contributed by atoms with Crippen LogP contribution in [0.4, 0.5) is 11.4 Å². The van der Waals surface area contributed by atoms with E-state index in [4.69, 9.17) is 5.73 Å². The van der Waals surface area contributed by atoms with Crippen LogP contribution in [0.1, 0.15) is 13.3 Å². The van der Waals surface area contributed by atoms with E-state index < -0.39 is 0 Å². The largest absolute Gasteiger partial charge is 0.399 e. The number of benzene rings is 2. The third-order valence-electron chi connectivity index (χ3n) is 2.18. The fourth-order valence-corrected chi connectivity index (χ4v) is 1.22. The van der Waals surface area contributed by atoms with Gasteiger partial charge < -0.3 is 11.1 Å². The van der Waals surface area contributed by atoms with Gasteiger partial charge in [0.25, 0.3) is 0 Å². The molecule has 0 radical (unpaired) electrons. The van der Waals surface area contributed by atoms with Gasteiger partial charge in [-0.2, -0.15) is 0 Å². The minimum atomic E-state index is 0.0520. The van der Waals surface area contributed by atoms with Gasteiger partial charge in [-0.3, -0.25) is 4.79 Å². The monoisotopic (exact) mass is 242 g/mol. The quantitative estimate of drug-likeness (QED) is 0.794. The summed E-state index contributed by atoms with van der Waals surface area (Å²) < 4.78 is 0. The summed E-state index contributed by atoms with van der Waals surface area (Å²) >= 11 is 0. The highest BCUT2D eigenvalue weighted by atomic mass is 16.1. The molecule has 1 amide bonds. The summed E-state index contributed by atoms with van der Waals surface area (Å²) in [5.41, 5.74) is 7.04. The molecule has 0 aromatic heterocycles. The van der Waals surface area contributed by atoms with Crippen molar-refractivity contribution in [2.45, 2.75) is 13.3 Å². The number of amides is 1. The molecule has 0 saturated carbocycles. The second-order valence-electron chi connectivity index (χ2n) is 3.68. The van der Waals surface area contributed by atoms with E-state index in [1.807, 2.05) is 67.6 Å². The van der Waals surface area contributed by atoms with Crippen molar-refractivity contribution < 1.29 is 4.79 Å². The molecule has 94 valence electrons. The molecule has 0 aliphatic heterocycles. The Morgan fingerprint density at radius 2 is 1.50 bits per heavy atom. The van der Waals surface area contributed by atoms with Crippen molar-refractivity contribution in [2.75, 3.05) is 11.1 Å². The SMILES string of the molecule is CCC(=O)Nc1ccccc1.Nc1ccccc1. The van der Waals surface area contributed by atoms with Crippen LogP contribution < -0.4 is 11.1 Å². The van der Waals surface area contributed by atoms with E-state index in [-0.39, 0.29) is 5.91 Å². The van der Waals surface area contributed by atoms with Crippen LogP contribution in [-0.4, -0.2) is 5.91 Å². The lowest BCUT2D eigenvalue weighted by Gasteiger charge is -2.00. The maximum atomic E-state index is 10.9. The average Bonchev–Trinajstić information content (AvgIpc) is 2.41. The zero-order valence-electron chi connectivity index (χ0n) is 10.5. The second-order valence-corrected chi connectivity index (χ2v) is 3.68. The summed E-state index contributed by atoms with van der Waals surface area (Å²) in [6.45, 7) is 1.83. The number of carbonyl (C=O) groups excluding carboxylic acids is 1. The van der Waals surface area contributed by atoms with Crippen LogP contribution >= 0.6 is 0 Å². The Bertz CT molecular complexity index is 454. The maximum absolute atomic E-state index is 10.9. The average molecular weight is 242 g/mol. The van der Waals surface area contributed by atoms with Crippen LogP contribution in [0.15, 0.2) is 60.7 Å². The Balaban J connectivity index is 0.000000199. The van der Waals surface area contributed by atoms with E-state index in [2.05, 4.69) is 5.32 Å². The first-order valence-corrected chi connectivity index (χ1v) is 5.87. The van der Waals surface area contributed by atoms with Crippen LogP contribution in [0.2, 0.25) is 0 Å². The van der Waals surface area contributed by atoms with Gasteiger partial charge in [-0.15, -0.1) is 0 Å². The van der Waals surface area contributed by atoms with Crippen LogP contribution in [0.5, 0.6) is 0 Å². The zero-order chi connectivity index (χ0) is 13.2. The van der Waals surface area contributed by atoms with Gasteiger partial charge in [-0.25, -0.2) is 0 Å². The van der Waals surface area contributed by atoms with Crippen molar-refractivity contribution in [2.24, 2.45) is 0 Å². The van der Waals surface area contributed by atoms with Crippen molar-refractivity contribution >= 4 is 17.3 Å². The van der Waals surface area contributed by atoms with E-state index in [1.54, 1.807) is 0 Å². The van der Waals surface area contributed by atoms with E-state index >= 15 is 0 Å². The number of rotatable bonds is 2. The highest BCUT2D eigenvalue weighted by Gasteiger charge is 1.95. The first kappa shape index (κ1) is 13.8. The van der Waals surface area contributed by atoms with E-state index in [1.165, 1.54) is 0 Å². The summed E-state index contributed by atoms with van der Waals surface area (Å²) in [5.74, 6) is 0.0520. The second kappa shape index (κ2) is 7.90. The zero-order valence-corrected chi connectivity index (χ0v) is 10.5. The number of carbonyl (C=O) groups is 1. The van der Waals surface area contributed by atoms with Crippen LogP contribution in [-0.2, 0) is 4.79 Å². The molecule has 3 nitrogen and oxygen atoms in total. The number of nitrogens with two attached hydrogens (primary N) is 1. The summed E-state index contributed by atoms with van der Waals surface area (Å²) in [5, 5.41) is 2.75. The molecule has 2 aromatic rings. The molecule has 3 heteroatoms. The Morgan fingerprint density at radius 1 is 1.00 bits per heavy atom. The Labute approximate surface area is 108 Å². The molecule has 2 aromatic carbocycles. The van der Waals surface area contributed by atoms with Gasteiger partial charge in [0.15, 0.2) is 0 Å². The van der Waals surface area contributed by atoms with Crippen molar-refractivity contribution in [3.8, 4) is 0 Å². The third-order valence-corrected chi connectivity index (χ3v) is 2.18. The maximum Gasteiger partial charge on any atom is 0.224 e. The molecule has 2 rings (SSSR count). The molecular formula is C15H18N2O. The summed E-state index contributed by atoms with van der Waals surface area (Å²) in [6.07, 6.45) is 0.523. The molecule has 0 saturated heterocycles. The highest BCUT2D eigenvalue weighted by molar-refractivity contribution is 5.90. The van der Waals surface area contributed by atoms with Crippen molar-refractivity contribution in [1.82, 2.24) is 0 Å². The lowest BCUT2D eigenvalue weighted by Crippen LogP contribution is -2.08. The molecule has 0 bridgehead atoms. The van der Waals surface area contributed by atoms with Crippen molar-refractivity contribution in [1.29, 1.82) is 0 Å². The number of anilines is 2. The van der Waals surface area contributed by atoms with Gasteiger partial charge in [0.05, 0.1) is 0 Å². The van der Waals surface area contributed by atoms with Gasteiger partial charge in [0.1, 0.15) is 0 Å². The summed E-state index contributed by atoms with van der Waals surface area (Å²) in [7, 11) is 0. The number of nitrogens with one attached hydrogen (secondary N) is 1. The van der Waals surface area contributed by atoms with Gasteiger partial charge >= 0.3 is 0 Å². The van der Waals surface area contributed by atoms with Crippen molar-refractivity contribution in [3.63, 3.8) is 0 Å². The number of hydrogen-bond acceptors (Lipinski definition) is 2. The molecule has 0 aliphatic carbocycles. The molecular weight excluding hydrogens is 224 g/mol. The van der Waals surface area contributed by atoms with Crippen LogP contribution in [0, 0.1) is 0 Å². The lowest BCUT2D eigenvalue weighted by molar-refractivity contribution is -0.115. The van der Waals surface area contributed by atoms with Gasteiger partial charge in [0, 0.05) is 17.8 Å². The third kappa shape index (κ3) is 5.70. The Kier molecular flexibility index (Phi) is 6.04. The van der Waals surface area contributed by atoms with Crippen molar-refractivity contribution in [3.05, 3.63) is 60.7 Å². The predicted octanol–water partition coefficient (Wildman–Crippen LogP) is 3.30. The Morgan fingerprint density at radius 3 is 1.89 bits per heavy atom. The van der Waals surface area contributed by atoms with Crippen LogP contribution in [0.25, 0.3) is 0 Å². The number of para-hydroxylation sites is 2. The molecule has 3 N–H and O–H groups in total. The van der Waals surface area contributed by atoms with Gasteiger partial charge in [-0.1, -0.05) is 43.3 Å². The van der Waals surface area contributed by atoms with E-state index in [9.17, 15) is 4.79 Å². The minimum absolute atomic E-state index is 0.0520. The molecule has 0 heterocycles. The first-order chi connectivity index (χ1) is 8.72. The first-order valence-electron chi connectivity index (χ1n) is 5.87. The molecule has 0 aliphatic rings. The molecule has 0 atom stereocenters. The molecule has 0 fully saturated rings. The number of nitrogen functional groups attached to an aromatic ring is 1. The van der Waals surface area contributed by atoms with Gasteiger partial charge in [-0.05, 0) is 24.3 Å². The molecule has 0 spiro atoms. The smallest absolute Gasteiger partial charge is 0.224 e. The lowest BCUT2D eigenvalue weighted by atomic mass is 10.3. The normalized spacial score (nSPS) is 8.94. The molecule has 18 heavy (non-hydrogen) atoms. The summed E-state index contributed by atoms with van der Waals surface area (Å²) in [4.78, 5) is 10.9. The Hall–Kier alpha value is -2.29.